The summed E-state index contributed by atoms with van der Waals surface area (Å²) in [6.45, 7) is -0.257. The quantitative estimate of drug-likeness (QED) is 0.785. The Balaban J connectivity index is 2.15. The third kappa shape index (κ3) is 2.33. The third-order valence-electron chi connectivity index (χ3n) is 3.10. The lowest BCUT2D eigenvalue weighted by Gasteiger charge is -2.10. The summed E-state index contributed by atoms with van der Waals surface area (Å²) in [6, 6.07) is 14.2. The Labute approximate surface area is 125 Å². The summed E-state index contributed by atoms with van der Waals surface area (Å²) in [4.78, 5) is 0. The lowest BCUT2D eigenvalue weighted by atomic mass is 10.2. The van der Waals surface area contributed by atoms with E-state index in [4.69, 9.17) is 20.8 Å². The van der Waals surface area contributed by atoms with Crippen LogP contribution in [0.3, 0.4) is 0 Å². The Morgan fingerprint density at radius 3 is 2.76 bits per heavy atom. The summed E-state index contributed by atoms with van der Waals surface area (Å²) in [6.07, 6.45) is 0. The molecule has 2 aromatic carbocycles. The fraction of sp³-hybridized carbons (Fsp3) is 0.0625. The Hall–Kier alpha value is -2.48. The molecule has 1 N–H and O–H groups in total. The summed E-state index contributed by atoms with van der Waals surface area (Å²) in [5.41, 5.74) is 1.03. The second-order valence-electron chi connectivity index (χ2n) is 4.34. The van der Waals surface area contributed by atoms with Crippen molar-refractivity contribution >= 4 is 22.6 Å². The van der Waals surface area contributed by atoms with E-state index < -0.39 is 0 Å². The zero-order valence-electron chi connectivity index (χ0n) is 10.8. The van der Waals surface area contributed by atoms with Gasteiger partial charge in [0.05, 0.1) is 12.0 Å². The van der Waals surface area contributed by atoms with Gasteiger partial charge in [-0.15, -0.1) is 0 Å². The van der Waals surface area contributed by atoms with Crippen LogP contribution in [0.4, 0.5) is 0 Å². The molecule has 0 aliphatic rings. The van der Waals surface area contributed by atoms with Crippen LogP contribution < -0.4 is 4.74 Å². The van der Waals surface area contributed by atoms with E-state index in [0.717, 1.165) is 0 Å². The van der Waals surface area contributed by atoms with Gasteiger partial charge in [-0.2, -0.15) is 5.26 Å². The minimum atomic E-state index is -0.257. The Bertz CT molecular complexity index is 848. The number of para-hydroxylation sites is 1. The molecular formula is C16H10ClNO3. The Morgan fingerprint density at radius 2 is 2.00 bits per heavy atom. The Morgan fingerprint density at radius 1 is 1.19 bits per heavy atom. The number of hydrogen-bond donors (Lipinski definition) is 1. The highest BCUT2D eigenvalue weighted by molar-refractivity contribution is 6.31. The SMILES string of the molecule is N#Cc1oc2ccccc2c1Oc1cccc(Cl)c1CO. The van der Waals surface area contributed by atoms with E-state index in [1.807, 2.05) is 18.2 Å². The number of nitrogens with zero attached hydrogens (tertiary/aromatic N) is 1. The van der Waals surface area contributed by atoms with Crippen molar-refractivity contribution in [2.24, 2.45) is 0 Å². The summed E-state index contributed by atoms with van der Waals surface area (Å²) < 4.78 is 11.2. The van der Waals surface area contributed by atoms with Crippen LogP contribution in [0.5, 0.6) is 11.5 Å². The van der Waals surface area contributed by atoms with Gasteiger partial charge in [0.25, 0.3) is 0 Å². The standard InChI is InChI=1S/C16H10ClNO3/c17-12-5-3-7-14(11(12)9-19)21-16-10-4-1-2-6-13(10)20-15(16)8-18/h1-7,19H,9H2. The first kappa shape index (κ1) is 13.5. The molecule has 3 aromatic rings. The highest BCUT2D eigenvalue weighted by Gasteiger charge is 2.18. The fourth-order valence-electron chi connectivity index (χ4n) is 2.09. The second kappa shape index (κ2) is 5.49. The lowest BCUT2D eigenvalue weighted by molar-refractivity contribution is 0.276. The predicted molar refractivity (Wildman–Crippen MR) is 78.4 cm³/mol. The highest BCUT2D eigenvalue weighted by Crippen LogP contribution is 2.38. The summed E-state index contributed by atoms with van der Waals surface area (Å²) >= 11 is 6.03. The largest absolute Gasteiger partial charge is 0.451 e. The van der Waals surface area contributed by atoms with Crippen LogP contribution in [-0.4, -0.2) is 5.11 Å². The highest BCUT2D eigenvalue weighted by atomic mass is 35.5. The summed E-state index contributed by atoms with van der Waals surface area (Å²) in [7, 11) is 0. The average molecular weight is 300 g/mol. The number of aliphatic hydroxyl groups excluding tert-OH is 1. The maximum Gasteiger partial charge on any atom is 0.247 e. The molecule has 4 nitrogen and oxygen atoms in total. The molecule has 104 valence electrons. The fourth-order valence-corrected chi connectivity index (χ4v) is 2.32. The number of hydrogen-bond acceptors (Lipinski definition) is 4. The van der Waals surface area contributed by atoms with Gasteiger partial charge in [-0.25, -0.2) is 0 Å². The molecule has 0 radical (unpaired) electrons. The van der Waals surface area contributed by atoms with Crippen LogP contribution in [-0.2, 0) is 6.61 Å². The van der Waals surface area contributed by atoms with E-state index in [0.29, 0.717) is 33.1 Å². The van der Waals surface area contributed by atoms with Gasteiger partial charge in [0, 0.05) is 10.6 Å². The van der Waals surface area contributed by atoms with Crippen molar-refractivity contribution in [1.82, 2.24) is 0 Å². The summed E-state index contributed by atoms with van der Waals surface area (Å²) in [5.74, 6) is 0.804. The zero-order chi connectivity index (χ0) is 14.8. The zero-order valence-corrected chi connectivity index (χ0v) is 11.6. The molecule has 0 fully saturated rings. The van der Waals surface area contributed by atoms with Crippen molar-refractivity contribution in [3.63, 3.8) is 0 Å². The van der Waals surface area contributed by atoms with E-state index >= 15 is 0 Å². The van der Waals surface area contributed by atoms with Gasteiger partial charge >= 0.3 is 0 Å². The first-order chi connectivity index (χ1) is 10.2. The molecule has 0 saturated heterocycles. The van der Waals surface area contributed by atoms with Crippen LogP contribution in [0.25, 0.3) is 11.0 Å². The normalized spacial score (nSPS) is 10.5. The molecule has 0 saturated carbocycles. The summed E-state index contributed by atoms with van der Waals surface area (Å²) in [5, 5.41) is 19.7. The van der Waals surface area contributed by atoms with Crippen LogP contribution in [0.15, 0.2) is 46.9 Å². The second-order valence-corrected chi connectivity index (χ2v) is 4.75. The smallest absolute Gasteiger partial charge is 0.247 e. The molecule has 0 bridgehead atoms. The molecule has 3 rings (SSSR count). The van der Waals surface area contributed by atoms with Gasteiger partial charge in [0.15, 0.2) is 5.75 Å². The maximum atomic E-state index is 9.41. The number of ether oxygens (including phenoxy) is 1. The van der Waals surface area contributed by atoms with Crippen LogP contribution in [0.2, 0.25) is 5.02 Å². The van der Waals surface area contributed by atoms with E-state index in [2.05, 4.69) is 0 Å². The van der Waals surface area contributed by atoms with Gasteiger partial charge in [-0.3, -0.25) is 0 Å². The topological polar surface area (TPSA) is 66.4 Å². The first-order valence-electron chi connectivity index (χ1n) is 6.22. The number of furan rings is 1. The number of nitriles is 1. The van der Waals surface area contributed by atoms with Crippen molar-refractivity contribution in [2.45, 2.75) is 6.61 Å². The molecule has 1 heterocycles. The van der Waals surface area contributed by atoms with Gasteiger partial charge in [0.1, 0.15) is 17.4 Å². The number of fused-ring (bicyclic) bond motifs is 1. The van der Waals surface area contributed by atoms with Crippen molar-refractivity contribution in [3.8, 4) is 17.6 Å². The number of benzene rings is 2. The van der Waals surface area contributed by atoms with Crippen molar-refractivity contribution in [1.29, 1.82) is 5.26 Å². The van der Waals surface area contributed by atoms with Gasteiger partial charge in [0.2, 0.25) is 5.76 Å². The molecule has 0 aliphatic carbocycles. The molecule has 5 heteroatoms. The van der Waals surface area contributed by atoms with E-state index in [1.54, 1.807) is 30.3 Å². The molecule has 21 heavy (non-hydrogen) atoms. The van der Waals surface area contributed by atoms with Gasteiger partial charge < -0.3 is 14.3 Å². The number of aliphatic hydroxyl groups is 1. The molecular weight excluding hydrogens is 290 g/mol. The number of rotatable bonds is 3. The first-order valence-corrected chi connectivity index (χ1v) is 6.60. The minimum Gasteiger partial charge on any atom is -0.451 e. The molecule has 1 aromatic heterocycles. The predicted octanol–water partition coefficient (Wildman–Crippen LogP) is 4.24. The molecule has 0 unspecified atom stereocenters. The molecule has 0 amide bonds. The van der Waals surface area contributed by atoms with E-state index in [9.17, 15) is 10.4 Å². The molecule has 0 atom stereocenters. The Kier molecular flexibility index (Phi) is 3.53. The monoisotopic (exact) mass is 299 g/mol. The average Bonchev–Trinajstić information content (AvgIpc) is 2.86. The van der Waals surface area contributed by atoms with Gasteiger partial charge in [-0.1, -0.05) is 29.8 Å². The number of halogens is 1. The van der Waals surface area contributed by atoms with E-state index in [1.165, 1.54) is 0 Å². The van der Waals surface area contributed by atoms with Crippen LogP contribution >= 0.6 is 11.6 Å². The lowest BCUT2D eigenvalue weighted by Crippen LogP contribution is -1.93. The van der Waals surface area contributed by atoms with E-state index in [-0.39, 0.29) is 12.4 Å². The molecule has 0 spiro atoms. The van der Waals surface area contributed by atoms with Crippen molar-refractivity contribution < 1.29 is 14.3 Å². The maximum absolute atomic E-state index is 9.41. The van der Waals surface area contributed by atoms with Crippen molar-refractivity contribution in [3.05, 3.63) is 58.8 Å². The minimum absolute atomic E-state index is 0.0834. The van der Waals surface area contributed by atoms with Gasteiger partial charge in [-0.05, 0) is 24.3 Å². The van der Waals surface area contributed by atoms with Crippen molar-refractivity contribution in [2.75, 3.05) is 0 Å². The molecule has 0 aliphatic heterocycles. The third-order valence-corrected chi connectivity index (χ3v) is 3.45. The van der Waals surface area contributed by atoms with Crippen LogP contribution in [0.1, 0.15) is 11.3 Å². The van der Waals surface area contributed by atoms with Crippen LogP contribution in [0, 0.1) is 11.3 Å².